The molecule has 17 heavy (non-hydrogen) atoms. The van der Waals surface area contributed by atoms with Gasteiger partial charge in [0, 0.05) is 31.2 Å². The summed E-state index contributed by atoms with van der Waals surface area (Å²) >= 11 is 0. The zero-order valence-corrected chi connectivity index (χ0v) is 11.3. The Hall–Kier alpha value is -0.0800. The van der Waals surface area contributed by atoms with Crippen molar-refractivity contribution in [1.29, 1.82) is 0 Å². The van der Waals surface area contributed by atoms with Crippen molar-refractivity contribution in [1.82, 2.24) is 10.2 Å². The van der Waals surface area contributed by atoms with E-state index < -0.39 is 0 Å². The molecule has 3 aliphatic rings. The van der Waals surface area contributed by atoms with Gasteiger partial charge in [-0.05, 0) is 38.0 Å². The molecule has 0 bridgehead atoms. The SMILES string of the molecule is CC1CC(NC2CCCCC2)CN(C2CC2)C1. The second-order valence-corrected chi connectivity index (χ2v) is 6.72. The minimum Gasteiger partial charge on any atom is -0.310 e. The van der Waals surface area contributed by atoms with Crippen LogP contribution in [0.5, 0.6) is 0 Å². The molecule has 2 heteroatoms. The lowest BCUT2D eigenvalue weighted by Gasteiger charge is -2.39. The van der Waals surface area contributed by atoms with E-state index >= 15 is 0 Å². The van der Waals surface area contributed by atoms with E-state index in [0.717, 1.165) is 24.0 Å². The van der Waals surface area contributed by atoms with Gasteiger partial charge in [-0.25, -0.2) is 0 Å². The molecule has 0 aromatic carbocycles. The maximum Gasteiger partial charge on any atom is 0.0200 e. The van der Waals surface area contributed by atoms with Gasteiger partial charge in [-0.2, -0.15) is 0 Å². The summed E-state index contributed by atoms with van der Waals surface area (Å²) in [5.74, 6) is 0.894. The zero-order chi connectivity index (χ0) is 11.7. The molecular formula is C15H28N2. The van der Waals surface area contributed by atoms with E-state index in [4.69, 9.17) is 0 Å². The van der Waals surface area contributed by atoms with Crippen molar-refractivity contribution in [2.45, 2.75) is 76.4 Å². The summed E-state index contributed by atoms with van der Waals surface area (Å²) in [5, 5.41) is 3.96. The summed E-state index contributed by atoms with van der Waals surface area (Å²) in [6, 6.07) is 2.57. The van der Waals surface area contributed by atoms with Gasteiger partial charge in [-0.3, -0.25) is 4.90 Å². The van der Waals surface area contributed by atoms with Gasteiger partial charge in [0.15, 0.2) is 0 Å². The largest absolute Gasteiger partial charge is 0.310 e. The average Bonchev–Trinajstić information content (AvgIpc) is 3.13. The lowest BCUT2D eigenvalue weighted by Crippen LogP contribution is -2.52. The van der Waals surface area contributed by atoms with Crippen molar-refractivity contribution in [2.75, 3.05) is 13.1 Å². The smallest absolute Gasteiger partial charge is 0.0200 e. The van der Waals surface area contributed by atoms with E-state index in [2.05, 4.69) is 17.1 Å². The van der Waals surface area contributed by atoms with Crippen LogP contribution in [0.1, 0.15) is 58.3 Å². The highest BCUT2D eigenvalue weighted by Gasteiger charge is 2.35. The van der Waals surface area contributed by atoms with E-state index in [0.29, 0.717) is 0 Å². The van der Waals surface area contributed by atoms with Gasteiger partial charge in [0.05, 0.1) is 0 Å². The van der Waals surface area contributed by atoms with Gasteiger partial charge in [0.1, 0.15) is 0 Å². The van der Waals surface area contributed by atoms with Crippen LogP contribution in [0.3, 0.4) is 0 Å². The van der Waals surface area contributed by atoms with E-state index in [1.807, 2.05) is 0 Å². The Morgan fingerprint density at radius 1 is 0.882 bits per heavy atom. The highest BCUT2D eigenvalue weighted by Crippen LogP contribution is 2.31. The number of rotatable bonds is 3. The summed E-state index contributed by atoms with van der Waals surface area (Å²) in [7, 11) is 0. The molecule has 3 fully saturated rings. The Kier molecular flexibility index (Phi) is 3.72. The fourth-order valence-corrected chi connectivity index (χ4v) is 3.85. The molecule has 2 nitrogen and oxygen atoms in total. The fourth-order valence-electron chi connectivity index (χ4n) is 3.85. The fraction of sp³-hybridized carbons (Fsp3) is 1.00. The second kappa shape index (κ2) is 5.27. The third-order valence-corrected chi connectivity index (χ3v) is 4.83. The summed E-state index contributed by atoms with van der Waals surface area (Å²) in [6.07, 6.45) is 11.5. The first-order valence-electron chi connectivity index (χ1n) is 7.81. The number of hydrogen-bond acceptors (Lipinski definition) is 2. The molecule has 2 aliphatic carbocycles. The highest BCUT2D eigenvalue weighted by molar-refractivity contribution is 4.92. The molecule has 2 atom stereocenters. The summed E-state index contributed by atoms with van der Waals surface area (Å²) < 4.78 is 0. The van der Waals surface area contributed by atoms with Crippen molar-refractivity contribution in [2.24, 2.45) is 5.92 Å². The molecule has 1 saturated heterocycles. The molecule has 2 saturated carbocycles. The Morgan fingerprint density at radius 3 is 2.35 bits per heavy atom. The number of likely N-dealkylation sites (tertiary alicyclic amines) is 1. The van der Waals surface area contributed by atoms with E-state index in [1.165, 1.54) is 64.5 Å². The van der Waals surface area contributed by atoms with Gasteiger partial charge >= 0.3 is 0 Å². The predicted octanol–water partition coefficient (Wildman–Crippen LogP) is 2.78. The van der Waals surface area contributed by atoms with E-state index in [1.54, 1.807) is 0 Å². The van der Waals surface area contributed by atoms with Crippen molar-refractivity contribution < 1.29 is 0 Å². The molecule has 2 unspecified atom stereocenters. The van der Waals surface area contributed by atoms with E-state index in [9.17, 15) is 0 Å². The second-order valence-electron chi connectivity index (χ2n) is 6.72. The van der Waals surface area contributed by atoms with Crippen molar-refractivity contribution >= 4 is 0 Å². The van der Waals surface area contributed by atoms with Gasteiger partial charge in [0.2, 0.25) is 0 Å². The first-order valence-corrected chi connectivity index (χ1v) is 7.81. The molecule has 0 aromatic heterocycles. The van der Waals surface area contributed by atoms with Crippen molar-refractivity contribution in [3.63, 3.8) is 0 Å². The molecule has 1 heterocycles. The molecule has 1 N–H and O–H groups in total. The van der Waals surface area contributed by atoms with Crippen LogP contribution >= 0.6 is 0 Å². The number of nitrogens with one attached hydrogen (secondary N) is 1. The van der Waals surface area contributed by atoms with Crippen molar-refractivity contribution in [3.8, 4) is 0 Å². The standard InChI is InChI=1S/C15H28N2/c1-12-9-14(11-17(10-12)15-7-8-15)16-13-5-3-2-4-6-13/h12-16H,2-11H2,1H3. The van der Waals surface area contributed by atoms with Crippen LogP contribution in [-0.2, 0) is 0 Å². The maximum absolute atomic E-state index is 3.96. The van der Waals surface area contributed by atoms with Gasteiger partial charge in [-0.1, -0.05) is 26.2 Å². The third-order valence-electron chi connectivity index (χ3n) is 4.83. The molecule has 0 spiro atoms. The van der Waals surface area contributed by atoms with Gasteiger partial charge < -0.3 is 5.32 Å². The average molecular weight is 236 g/mol. The molecule has 1 aliphatic heterocycles. The van der Waals surface area contributed by atoms with Crippen molar-refractivity contribution in [3.05, 3.63) is 0 Å². The van der Waals surface area contributed by atoms with Crippen LogP contribution in [0.15, 0.2) is 0 Å². The topological polar surface area (TPSA) is 15.3 Å². The minimum atomic E-state index is 0.780. The minimum absolute atomic E-state index is 0.780. The van der Waals surface area contributed by atoms with Crippen LogP contribution in [0.2, 0.25) is 0 Å². The summed E-state index contributed by atoms with van der Waals surface area (Å²) in [6.45, 7) is 5.11. The molecule has 0 aromatic rings. The Labute approximate surface area is 106 Å². The monoisotopic (exact) mass is 236 g/mol. The summed E-state index contributed by atoms with van der Waals surface area (Å²) in [4.78, 5) is 2.76. The van der Waals surface area contributed by atoms with Crippen LogP contribution < -0.4 is 5.32 Å². The molecule has 0 radical (unpaired) electrons. The zero-order valence-electron chi connectivity index (χ0n) is 11.3. The maximum atomic E-state index is 3.96. The van der Waals surface area contributed by atoms with Gasteiger partial charge in [-0.15, -0.1) is 0 Å². The Balaban J connectivity index is 1.50. The highest BCUT2D eigenvalue weighted by atomic mass is 15.2. The number of nitrogens with zero attached hydrogens (tertiary/aromatic N) is 1. The van der Waals surface area contributed by atoms with E-state index in [-0.39, 0.29) is 0 Å². The first kappa shape index (κ1) is 12.0. The van der Waals surface area contributed by atoms with Crippen LogP contribution in [0, 0.1) is 5.92 Å². The normalized spacial score (nSPS) is 37.2. The van der Waals surface area contributed by atoms with Crippen LogP contribution in [-0.4, -0.2) is 36.1 Å². The summed E-state index contributed by atoms with van der Waals surface area (Å²) in [5.41, 5.74) is 0. The number of hydrogen-bond donors (Lipinski definition) is 1. The molecular weight excluding hydrogens is 208 g/mol. The Morgan fingerprint density at radius 2 is 1.65 bits per heavy atom. The lowest BCUT2D eigenvalue weighted by molar-refractivity contribution is 0.131. The predicted molar refractivity (Wildman–Crippen MR) is 72.2 cm³/mol. The lowest BCUT2D eigenvalue weighted by atomic mass is 9.91. The molecule has 0 amide bonds. The van der Waals surface area contributed by atoms with Crippen LogP contribution in [0.4, 0.5) is 0 Å². The first-order chi connectivity index (χ1) is 8.31. The Bertz CT molecular complexity index is 243. The number of piperidine rings is 1. The van der Waals surface area contributed by atoms with Crippen LogP contribution in [0.25, 0.3) is 0 Å². The third kappa shape index (κ3) is 3.23. The molecule has 98 valence electrons. The molecule has 3 rings (SSSR count). The van der Waals surface area contributed by atoms with Gasteiger partial charge in [0.25, 0.3) is 0 Å². The quantitative estimate of drug-likeness (QED) is 0.810.